The van der Waals surface area contributed by atoms with Gasteiger partial charge in [-0.25, -0.2) is 4.79 Å². The molecule has 0 aliphatic carbocycles. The minimum absolute atomic E-state index is 0.0301. The number of hydrogen-bond acceptors (Lipinski definition) is 3. The van der Waals surface area contributed by atoms with Gasteiger partial charge in [-0.15, -0.1) is 0 Å². The van der Waals surface area contributed by atoms with E-state index >= 15 is 0 Å². The number of carboxylic acids is 1. The highest BCUT2D eigenvalue weighted by atomic mass is 16.4. The molecule has 2 unspecified atom stereocenters. The van der Waals surface area contributed by atoms with Crippen molar-refractivity contribution in [2.45, 2.75) is 51.6 Å². The quantitative estimate of drug-likeness (QED) is 0.853. The summed E-state index contributed by atoms with van der Waals surface area (Å²) in [7, 11) is 0. The molecule has 2 aliphatic heterocycles. The lowest BCUT2D eigenvalue weighted by Crippen LogP contribution is -2.55. The molecule has 0 aromatic carbocycles. The normalized spacial score (nSPS) is 25.1. The molecule has 6 heteroatoms. The lowest BCUT2D eigenvalue weighted by Gasteiger charge is -2.40. The zero-order chi connectivity index (χ0) is 15.4. The number of piperazine rings is 1. The highest BCUT2D eigenvalue weighted by molar-refractivity contribution is 5.76. The van der Waals surface area contributed by atoms with E-state index in [4.69, 9.17) is 5.11 Å². The molecular formula is C15H27N3O3. The van der Waals surface area contributed by atoms with Crippen molar-refractivity contribution in [2.24, 2.45) is 0 Å². The molecule has 2 heterocycles. The number of aliphatic carboxylic acids is 1. The minimum atomic E-state index is -0.818. The largest absolute Gasteiger partial charge is 0.481 e. The summed E-state index contributed by atoms with van der Waals surface area (Å²) in [5.74, 6) is -0.818. The Kier molecular flexibility index (Phi) is 5.45. The van der Waals surface area contributed by atoms with Crippen LogP contribution in [-0.4, -0.2) is 76.6 Å². The number of rotatable bonds is 4. The third-order valence-electron chi connectivity index (χ3n) is 4.83. The Bertz CT molecular complexity index is 380. The SMILES string of the molecule is CCC(C)N1CCN(C(=O)N2CCCC2CC(=O)O)CC1. The van der Waals surface area contributed by atoms with Crippen molar-refractivity contribution in [1.29, 1.82) is 0 Å². The van der Waals surface area contributed by atoms with Gasteiger partial charge < -0.3 is 14.9 Å². The van der Waals surface area contributed by atoms with Crippen LogP contribution in [0.1, 0.15) is 39.5 Å². The van der Waals surface area contributed by atoms with Crippen LogP contribution >= 0.6 is 0 Å². The van der Waals surface area contributed by atoms with E-state index < -0.39 is 5.97 Å². The third kappa shape index (κ3) is 3.87. The number of carboxylic acid groups (broad SMARTS) is 1. The average Bonchev–Trinajstić information content (AvgIpc) is 2.93. The number of hydrogen-bond donors (Lipinski definition) is 1. The molecule has 21 heavy (non-hydrogen) atoms. The summed E-state index contributed by atoms with van der Waals surface area (Å²) in [5.41, 5.74) is 0. The van der Waals surface area contributed by atoms with E-state index in [1.807, 2.05) is 4.90 Å². The summed E-state index contributed by atoms with van der Waals surface area (Å²) in [6.45, 7) is 8.43. The van der Waals surface area contributed by atoms with Crippen LogP contribution in [0.3, 0.4) is 0 Å². The van der Waals surface area contributed by atoms with Crippen LogP contribution in [-0.2, 0) is 4.79 Å². The zero-order valence-corrected chi connectivity index (χ0v) is 13.1. The minimum Gasteiger partial charge on any atom is -0.481 e. The fourth-order valence-electron chi connectivity index (χ4n) is 3.30. The predicted octanol–water partition coefficient (Wildman–Crippen LogP) is 1.46. The Balaban J connectivity index is 1.88. The van der Waals surface area contributed by atoms with Crippen molar-refractivity contribution in [3.05, 3.63) is 0 Å². The maximum atomic E-state index is 12.6. The lowest BCUT2D eigenvalue weighted by atomic mass is 10.1. The number of likely N-dealkylation sites (tertiary alicyclic amines) is 1. The van der Waals surface area contributed by atoms with Gasteiger partial charge in [0.1, 0.15) is 0 Å². The molecule has 2 amide bonds. The summed E-state index contributed by atoms with van der Waals surface area (Å²) >= 11 is 0. The number of carbonyl (C=O) groups is 2. The molecular weight excluding hydrogens is 270 g/mol. The molecule has 0 radical (unpaired) electrons. The molecule has 0 aromatic rings. The Labute approximate surface area is 126 Å². The molecule has 0 spiro atoms. The Hall–Kier alpha value is -1.30. The van der Waals surface area contributed by atoms with Crippen molar-refractivity contribution < 1.29 is 14.7 Å². The fourth-order valence-corrected chi connectivity index (χ4v) is 3.30. The van der Waals surface area contributed by atoms with E-state index in [1.54, 1.807) is 4.90 Å². The number of nitrogens with zero attached hydrogens (tertiary/aromatic N) is 3. The second-order valence-electron chi connectivity index (χ2n) is 6.15. The van der Waals surface area contributed by atoms with Crippen molar-refractivity contribution in [3.63, 3.8) is 0 Å². The molecule has 6 nitrogen and oxygen atoms in total. The van der Waals surface area contributed by atoms with Crippen molar-refractivity contribution in [1.82, 2.24) is 14.7 Å². The second kappa shape index (κ2) is 7.11. The van der Waals surface area contributed by atoms with E-state index in [0.29, 0.717) is 12.6 Å². The summed E-state index contributed by atoms with van der Waals surface area (Å²) in [4.78, 5) is 29.5. The van der Waals surface area contributed by atoms with Crippen molar-refractivity contribution >= 4 is 12.0 Å². The standard InChI is InChI=1S/C15H27N3O3/c1-3-12(2)16-7-9-17(10-8-16)15(21)18-6-4-5-13(18)11-14(19)20/h12-13H,3-11H2,1-2H3,(H,19,20). The monoisotopic (exact) mass is 297 g/mol. The van der Waals surface area contributed by atoms with Crippen LogP contribution in [0.2, 0.25) is 0 Å². The van der Waals surface area contributed by atoms with Gasteiger partial charge in [-0.05, 0) is 26.2 Å². The first kappa shape index (κ1) is 16.1. The number of urea groups is 1. The van der Waals surface area contributed by atoms with Crippen LogP contribution in [0.4, 0.5) is 4.79 Å². The smallest absolute Gasteiger partial charge is 0.320 e. The van der Waals surface area contributed by atoms with Gasteiger partial charge >= 0.3 is 12.0 Å². The van der Waals surface area contributed by atoms with Crippen LogP contribution in [0.5, 0.6) is 0 Å². The lowest BCUT2D eigenvalue weighted by molar-refractivity contribution is -0.138. The molecule has 0 saturated carbocycles. The molecule has 0 aromatic heterocycles. The van der Waals surface area contributed by atoms with Crippen LogP contribution in [0.15, 0.2) is 0 Å². The summed E-state index contributed by atoms with van der Waals surface area (Å²) < 4.78 is 0. The van der Waals surface area contributed by atoms with Crippen LogP contribution in [0, 0.1) is 0 Å². The van der Waals surface area contributed by atoms with Crippen molar-refractivity contribution in [3.8, 4) is 0 Å². The maximum Gasteiger partial charge on any atom is 0.320 e. The van der Waals surface area contributed by atoms with E-state index in [-0.39, 0.29) is 18.5 Å². The van der Waals surface area contributed by atoms with E-state index in [2.05, 4.69) is 18.7 Å². The zero-order valence-electron chi connectivity index (χ0n) is 13.1. The van der Waals surface area contributed by atoms with E-state index in [1.165, 1.54) is 0 Å². The first-order chi connectivity index (χ1) is 10.0. The molecule has 2 fully saturated rings. The summed E-state index contributed by atoms with van der Waals surface area (Å²) in [6.07, 6.45) is 2.92. The van der Waals surface area contributed by atoms with Gasteiger partial charge in [0.2, 0.25) is 0 Å². The van der Waals surface area contributed by atoms with Crippen molar-refractivity contribution in [2.75, 3.05) is 32.7 Å². The molecule has 2 saturated heterocycles. The molecule has 120 valence electrons. The Morgan fingerprint density at radius 3 is 2.43 bits per heavy atom. The van der Waals surface area contributed by atoms with Gasteiger partial charge in [0.05, 0.1) is 6.42 Å². The van der Waals surface area contributed by atoms with Gasteiger partial charge in [-0.3, -0.25) is 9.69 Å². The highest BCUT2D eigenvalue weighted by Crippen LogP contribution is 2.22. The third-order valence-corrected chi connectivity index (χ3v) is 4.83. The second-order valence-corrected chi connectivity index (χ2v) is 6.15. The van der Waals surface area contributed by atoms with E-state index in [0.717, 1.165) is 45.4 Å². The first-order valence-electron chi connectivity index (χ1n) is 8.04. The molecule has 2 rings (SSSR count). The highest BCUT2D eigenvalue weighted by Gasteiger charge is 2.34. The Morgan fingerprint density at radius 2 is 1.86 bits per heavy atom. The van der Waals surface area contributed by atoms with Gasteiger partial charge in [0.25, 0.3) is 0 Å². The van der Waals surface area contributed by atoms with Gasteiger partial charge in [-0.1, -0.05) is 6.92 Å². The summed E-state index contributed by atoms with van der Waals surface area (Å²) in [6, 6.07) is 0.471. The first-order valence-corrected chi connectivity index (χ1v) is 8.04. The average molecular weight is 297 g/mol. The topological polar surface area (TPSA) is 64.1 Å². The molecule has 1 N–H and O–H groups in total. The molecule has 0 bridgehead atoms. The van der Waals surface area contributed by atoms with Gasteiger partial charge in [0, 0.05) is 44.8 Å². The molecule has 2 atom stereocenters. The van der Waals surface area contributed by atoms with E-state index in [9.17, 15) is 9.59 Å². The van der Waals surface area contributed by atoms with Crippen LogP contribution < -0.4 is 0 Å². The van der Waals surface area contributed by atoms with Gasteiger partial charge in [0.15, 0.2) is 0 Å². The Morgan fingerprint density at radius 1 is 1.19 bits per heavy atom. The number of amides is 2. The number of carbonyl (C=O) groups excluding carboxylic acids is 1. The summed E-state index contributed by atoms with van der Waals surface area (Å²) in [5, 5.41) is 8.95. The van der Waals surface area contributed by atoms with Crippen LogP contribution in [0.25, 0.3) is 0 Å². The molecule has 2 aliphatic rings. The predicted molar refractivity (Wildman–Crippen MR) is 80.3 cm³/mol. The maximum absolute atomic E-state index is 12.6. The fraction of sp³-hybridized carbons (Fsp3) is 0.867. The van der Waals surface area contributed by atoms with Gasteiger partial charge in [-0.2, -0.15) is 0 Å².